The van der Waals surface area contributed by atoms with Crippen molar-refractivity contribution >= 4 is 11.9 Å². The molecule has 1 aliphatic carbocycles. The van der Waals surface area contributed by atoms with Gasteiger partial charge in [-0.3, -0.25) is 4.79 Å². The van der Waals surface area contributed by atoms with E-state index in [2.05, 4.69) is 4.98 Å². The van der Waals surface area contributed by atoms with Crippen LogP contribution in [-0.4, -0.2) is 78.7 Å². The summed E-state index contributed by atoms with van der Waals surface area (Å²) in [6.07, 6.45) is -1.61. The van der Waals surface area contributed by atoms with Crippen molar-refractivity contribution in [2.75, 3.05) is 27.4 Å². The summed E-state index contributed by atoms with van der Waals surface area (Å²) in [5.74, 6) is -2.44. The number of carbonyl (C=O) groups is 2. The van der Waals surface area contributed by atoms with Gasteiger partial charge in [0.15, 0.2) is 0 Å². The lowest BCUT2D eigenvalue weighted by Crippen LogP contribution is -2.53. The average Bonchev–Trinajstić information content (AvgIpc) is 3.10. The third-order valence-corrected chi connectivity index (χ3v) is 4.54. The molecule has 2 heterocycles. The molecule has 1 aromatic rings. The van der Waals surface area contributed by atoms with Crippen molar-refractivity contribution in [3.05, 3.63) is 23.9 Å². The van der Waals surface area contributed by atoms with Crippen LogP contribution in [0, 0.1) is 0 Å². The predicted molar refractivity (Wildman–Crippen MR) is 89.1 cm³/mol. The number of hydrogen-bond acceptors (Lipinski definition) is 6. The molecule has 0 aromatic carbocycles. The van der Waals surface area contributed by atoms with Crippen LogP contribution in [0.4, 0.5) is 13.2 Å². The Bertz CT molecular complexity index is 700. The normalized spacial score (nSPS) is 24.0. The molecule has 3 rings (SSSR count). The monoisotopic (exact) mass is 406 g/mol. The van der Waals surface area contributed by atoms with Crippen LogP contribution in [0.3, 0.4) is 0 Å². The zero-order chi connectivity index (χ0) is 20.9. The number of ether oxygens (including phenoxy) is 3. The maximum atomic E-state index is 12.8. The van der Waals surface area contributed by atoms with E-state index in [-0.39, 0.29) is 24.2 Å². The molecular formula is C17H21F3N2O6. The lowest BCUT2D eigenvalue weighted by atomic mass is 10.1. The molecule has 11 heteroatoms. The zero-order valence-electron chi connectivity index (χ0n) is 15.3. The van der Waals surface area contributed by atoms with Gasteiger partial charge in [-0.25, -0.2) is 9.78 Å². The Morgan fingerprint density at radius 1 is 1.32 bits per heavy atom. The van der Waals surface area contributed by atoms with Gasteiger partial charge in [0.05, 0.1) is 25.9 Å². The van der Waals surface area contributed by atoms with Gasteiger partial charge < -0.3 is 24.2 Å². The number of methoxy groups -OCH3 is 2. The number of aromatic nitrogens is 1. The summed E-state index contributed by atoms with van der Waals surface area (Å²) in [7, 11) is 3.22. The molecule has 0 bridgehead atoms. The first-order chi connectivity index (χ1) is 13.2. The van der Waals surface area contributed by atoms with Gasteiger partial charge >= 0.3 is 12.1 Å². The Balaban J connectivity index is 0.000000345. The summed E-state index contributed by atoms with van der Waals surface area (Å²) in [4.78, 5) is 27.7. The minimum absolute atomic E-state index is 0.0321. The van der Waals surface area contributed by atoms with E-state index in [1.807, 2.05) is 4.90 Å². The highest BCUT2D eigenvalue weighted by atomic mass is 19.4. The molecule has 8 nitrogen and oxygen atoms in total. The number of alkyl halides is 3. The number of aliphatic carboxylic acids is 1. The number of carbonyl (C=O) groups excluding carboxylic acids is 1. The van der Waals surface area contributed by atoms with Crippen molar-refractivity contribution in [2.24, 2.45) is 0 Å². The molecule has 1 aromatic heterocycles. The SMILES string of the molecule is COc1ncccc1C(=O)N1CCO[C@H]2[C@H](OC)CC[C@@H]21.O=C(O)C(F)(F)F. The highest BCUT2D eigenvalue weighted by molar-refractivity contribution is 5.96. The highest BCUT2D eigenvalue weighted by Crippen LogP contribution is 2.33. The quantitative estimate of drug-likeness (QED) is 0.817. The number of hydrogen-bond donors (Lipinski definition) is 1. The van der Waals surface area contributed by atoms with E-state index in [0.29, 0.717) is 24.6 Å². The summed E-state index contributed by atoms with van der Waals surface area (Å²) in [5.41, 5.74) is 0.501. The Kier molecular flexibility index (Phi) is 7.19. The molecular weight excluding hydrogens is 385 g/mol. The molecule has 1 amide bonds. The lowest BCUT2D eigenvalue weighted by Gasteiger charge is -2.39. The maximum Gasteiger partial charge on any atom is 0.490 e. The van der Waals surface area contributed by atoms with E-state index < -0.39 is 12.1 Å². The summed E-state index contributed by atoms with van der Waals surface area (Å²) >= 11 is 0. The Labute approximate surface area is 159 Å². The summed E-state index contributed by atoms with van der Waals surface area (Å²) < 4.78 is 48.2. The molecule has 0 radical (unpaired) electrons. The van der Waals surface area contributed by atoms with Gasteiger partial charge in [-0.15, -0.1) is 0 Å². The van der Waals surface area contributed by atoms with E-state index in [1.54, 1.807) is 25.4 Å². The number of morpholine rings is 1. The van der Waals surface area contributed by atoms with Crippen LogP contribution in [0.5, 0.6) is 5.88 Å². The van der Waals surface area contributed by atoms with Crippen LogP contribution in [-0.2, 0) is 14.3 Å². The first kappa shape index (κ1) is 21.9. The summed E-state index contributed by atoms with van der Waals surface area (Å²) in [5, 5.41) is 7.12. The molecule has 156 valence electrons. The van der Waals surface area contributed by atoms with Crippen LogP contribution < -0.4 is 4.74 Å². The Morgan fingerprint density at radius 3 is 2.57 bits per heavy atom. The number of carboxylic acids is 1. The minimum atomic E-state index is -5.08. The number of carboxylic acid groups (broad SMARTS) is 1. The Hall–Kier alpha value is -2.40. The number of nitrogens with zero attached hydrogens (tertiary/aromatic N) is 2. The number of rotatable bonds is 3. The van der Waals surface area contributed by atoms with Crippen molar-refractivity contribution in [2.45, 2.75) is 37.3 Å². The third kappa shape index (κ3) is 4.90. The standard InChI is InChI=1S/C15H20N2O4.C2HF3O2/c1-19-12-6-5-11-13(12)21-9-8-17(11)15(18)10-4-3-7-16-14(10)20-2;3-2(4,5)1(6)7/h3-4,7,11-13H,5-6,8-9H2,1-2H3;(H,6,7)/t11-,12+,13+;/m0./s1. The number of fused-ring (bicyclic) bond motifs is 1. The van der Waals surface area contributed by atoms with Gasteiger partial charge in [0.25, 0.3) is 5.91 Å². The largest absolute Gasteiger partial charge is 0.490 e. The van der Waals surface area contributed by atoms with Crippen LogP contribution in [0.1, 0.15) is 23.2 Å². The van der Waals surface area contributed by atoms with E-state index >= 15 is 0 Å². The summed E-state index contributed by atoms with van der Waals surface area (Å²) in [6, 6.07) is 3.57. The predicted octanol–water partition coefficient (Wildman–Crippen LogP) is 1.74. The molecule has 28 heavy (non-hydrogen) atoms. The molecule has 1 saturated carbocycles. The van der Waals surface area contributed by atoms with Crippen molar-refractivity contribution in [1.82, 2.24) is 9.88 Å². The second-order valence-electron chi connectivity index (χ2n) is 6.12. The van der Waals surface area contributed by atoms with Crippen molar-refractivity contribution in [3.63, 3.8) is 0 Å². The molecule has 0 unspecified atom stereocenters. The molecule has 1 saturated heterocycles. The van der Waals surface area contributed by atoms with Crippen molar-refractivity contribution in [3.8, 4) is 5.88 Å². The fourth-order valence-corrected chi connectivity index (χ4v) is 3.29. The van der Waals surface area contributed by atoms with Gasteiger partial charge in [0, 0.05) is 19.9 Å². The van der Waals surface area contributed by atoms with Gasteiger partial charge in [-0.1, -0.05) is 0 Å². The molecule has 0 spiro atoms. The molecule has 1 aliphatic heterocycles. The zero-order valence-corrected chi connectivity index (χ0v) is 15.3. The van der Waals surface area contributed by atoms with Gasteiger partial charge in [-0.05, 0) is 25.0 Å². The minimum Gasteiger partial charge on any atom is -0.480 e. The topological polar surface area (TPSA) is 98.2 Å². The van der Waals surface area contributed by atoms with Crippen LogP contribution in [0.15, 0.2) is 18.3 Å². The number of pyridine rings is 1. The lowest BCUT2D eigenvalue weighted by molar-refractivity contribution is -0.192. The number of halogens is 3. The molecule has 3 atom stereocenters. The van der Waals surface area contributed by atoms with Crippen LogP contribution >= 0.6 is 0 Å². The van der Waals surface area contributed by atoms with E-state index in [0.717, 1.165) is 12.8 Å². The van der Waals surface area contributed by atoms with E-state index in [4.69, 9.17) is 24.1 Å². The van der Waals surface area contributed by atoms with Crippen LogP contribution in [0.25, 0.3) is 0 Å². The number of amides is 1. The first-order valence-electron chi connectivity index (χ1n) is 8.45. The maximum absolute atomic E-state index is 12.8. The van der Waals surface area contributed by atoms with Crippen molar-refractivity contribution < 1.29 is 42.1 Å². The van der Waals surface area contributed by atoms with E-state index in [9.17, 15) is 18.0 Å². The fraction of sp³-hybridized carbons (Fsp3) is 0.588. The smallest absolute Gasteiger partial charge is 0.480 e. The first-order valence-corrected chi connectivity index (χ1v) is 8.45. The van der Waals surface area contributed by atoms with Crippen LogP contribution in [0.2, 0.25) is 0 Å². The van der Waals surface area contributed by atoms with Gasteiger partial charge in [0.2, 0.25) is 5.88 Å². The summed E-state index contributed by atoms with van der Waals surface area (Å²) in [6.45, 7) is 1.13. The van der Waals surface area contributed by atoms with Crippen molar-refractivity contribution in [1.29, 1.82) is 0 Å². The van der Waals surface area contributed by atoms with Gasteiger partial charge in [0.1, 0.15) is 11.7 Å². The fourth-order valence-electron chi connectivity index (χ4n) is 3.29. The second kappa shape index (κ2) is 9.20. The highest BCUT2D eigenvalue weighted by Gasteiger charge is 2.45. The van der Waals surface area contributed by atoms with E-state index in [1.165, 1.54) is 7.11 Å². The molecule has 1 N–H and O–H groups in total. The average molecular weight is 406 g/mol. The third-order valence-electron chi connectivity index (χ3n) is 4.54. The molecule has 2 aliphatic rings. The Morgan fingerprint density at radius 2 is 2.00 bits per heavy atom. The second-order valence-corrected chi connectivity index (χ2v) is 6.12. The molecule has 2 fully saturated rings. The van der Waals surface area contributed by atoms with Gasteiger partial charge in [-0.2, -0.15) is 13.2 Å².